The standard InChI is InChI=1S/C13H24.3C2H6/c1-7-9-11(5)12(6)13(8-2)10(3)4;3*1-2/h11H,3,7-9H2,1-2,4-6H3;3*1-2H3/b13-12+;;;. The minimum Gasteiger partial charge on any atom is -0.0958 e. The molecular weight excluding hydrogens is 228 g/mol. The van der Waals surface area contributed by atoms with Gasteiger partial charge in [-0.1, -0.05) is 86.5 Å². The molecule has 0 rings (SSSR count). The van der Waals surface area contributed by atoms with Crippen LogP contribution in [0.2, 0.25) is 0 Å². The van der Waals surface area contributed by atoms with E-state index in [-0.39, 0.29) is 0 Å². The Kier molecular flexibility index (Phi) is 32.1. The summed E-state index contributed by atoms with van der Waals surface area (Å²) in [5.74, 6) is 0.719. The minimum atomic E-state index is 0.719. The van der Waals surface area contributed by atoms with Crippen LogP contribution in [0.25, 0.3) is 0 Å². The van der Waals surface area contributed by atoms with Gasteiger partial charge < -0.3 is 0 Å². The van der Waals surface area contributed by atoms with Crippen LogP contribution >= 0.6 is 0 Å². The van der Waals surface area contributed by atoms with Crippen LogP contribution in [0, 0.1) is 5.92 Å². The molecule has 0 radical (unpaired) electrons. The van der Waals surface area contributed by atoms with Crippen LogP contribution in [0.3, 0.4) is 0 Å². The molecule has 0 heteroatoms. The number of rotatable bonds is 5. The van der Waals surface area contributed by atoms with E-state index >= 15 is 0 Å². The molecule has 0 heterocycles. The molecule has 0 bridgehead atoms. The zero-order valence-electron chi connectivity index (χ0n) is 15.9. The first-order valence-electron chi connectivity index (χ1n) is 8.40. The molecule has 1 unspecified atom stereocenters. The fourth-order valence-corrected chi connectivity index (χ4v) is 1.86. The third-order valence-corrected chi connectivity index (χ3v) is 2.81. The molecule has 0 aromatic rings. The van der Waals surface area contributed by atoms with Gasteiger partial charge in [-0.05, 0) is 38.2 Å². The van der Waals surface area contributed by atoms with Crippen molar-refractivity contribution in [3.63, 3.8) is 0 Å². The van der Waals surface area contributed by atoms with E-state index in [9.17, 15) is 0 Å². The van der Waals surface area contributed by atoms with Crippen molar-refractivity contribution in [1.82, 2.24) is 0 Å². The highest BCUT2D eigenvalue weighted by Crippen LogP contribution is 2.25. The van der Waals surface area contributed by atoms with Gasteiger partial charge in [0.1, 0.15) is 0 Å². The van der Waals surface area contributed by atoms with E-state index in [1.54, 1.807) is 0 Å². The van der Waals surface area contributed by atoms with Crippen molar-refractivity contribution >= 4 is 0 Å². The van der Waals surface area contributed by atoms with Crippen LogP contribution in [0.1, 0.15) is 95.4 Å². The Morgan fingerprint density at radius 2 is 1.26 bits per heavy atom. The SMILES string of the molecule is C=C(C)/C(CC)=C(\C)C(C)CCC.CC.CC.CC. The summed E-state index contributed by atoms with van der Waals surface area (Å²) in [5.41, 5.74) is 4.25. The summed E-state index contributed by atoms with van der Waals surface area (Å²) in [6, 6.07) is 0. The molecule has 19 heavy (non-hydrogen) atoms. The van der Waals surface area contributed by atoms with Gasteiger partial charge in [0.15, 0.2) is 0 Å². The Morgan fingerprint density at radius 1 is 0.895 bits per heavy atom. The summed E-state index contributed by atoms with van der Waals surface area (Å²) in [6.45, 7) is 27.2. The summed E-state index contributed by atoms with van der Waals surface area (Å²) < 4.78 is 0. The number of hydrogen-bond donors (Lipinski definition) is 0. The van der Waals surface area contributed by atoms with Crippen molar-refractivity contribution in [1.29, 1.82) is 0 Å². The second-order valence-corrected chi connectivity index (χ2v) is 3.99. The van der Waals surface area contributed by atoms with E-state index in [4.69, 9.17) is 0 Å². The molecule has 0 amide bonds. The van der Waals surface area contributed by atoms with Gasteiger partial charge in [-0.15, -0.1) is 0 Å². The predicted octanol–water partition coefficient (Wildman–Crippen LogP) is 7.80. The molecule has 0 fully saturated rings. The molecule has 0 N–H and O–H groups in total. The molecule has 0 aliphatic carbocycles. The minimum absolute atomic E-state index is 0.719. The topological polar surface area (TPSA) is 0 Å². The van der Waals surface area contributed by atoms with E-state index in [1.807, 2.05) is 41.5 Å². The predicted molar refractivity (Wildman–Crippen MR) is 95.9 cm³/mol. The Bertz CT molecular complexity index is 196. The summed E-state index contributed by atoms with van der Waals surface area (Å²) in [5, 5.41) is 0. The van der Waals surface area contributed by atoms with Gasteiger partial charge in [0.25, 0.3) is 0 Å². The quantitative estimate of drug-likeness (QED) is 0.447. The van der Waals surface area contributed by atoms with Crippen LogP contribution in [-0.2, 0) is 0 Å². The Hall–Kier alpha value is -0.520. The number of hydrogen-bond acceptors (Lipinski definition) is 0. The van der Waals surface area contributed by atoms with Crippen LogP contribution in [0.4, 0.5) is 0 Å². The lowest BCUT2D eigenvalue weighted by Crippen LogP contribution is -2.00. The van der Waals surface area contributed by atoms with Gasteiger partial charge in [0.2, 0.25) is 0 Å². The van der Waals surface area contributed by atoms with E-state index in [0.29, 0.717) is 0 Å². The lowest BCUT2D eigenvalue weighted by Gasteiger charge is -2.16. The highest BCUT2D eigenvalue weighted by molar-refractivity contribution is 5.31. The third kappa shape index (κ3) is 15.4. The fraction of sp³-hybridized carbons (Fsp3) is 0.789. The average Bonchev–Trinajstić information content (AvgIpc) is 2.46. The fourth-order valence-electron chi connectivity index (χ4n) is 1.86. The van der Waals surface area contributed by atoms with E-state index in [0.717, 1.165) is 12.3 Å². The van der Waals surface area contributed by atoms with Crippen molar-refractivity contribution in [2.75, 3.05) is 0 Å². The molecule has 0 aliphatic heterocycles. The van der Waals surface area contributed by atoms with Gasteiger partial charge in [-0.3, -0.25) is 0 Å². The third-order valence-electron chi connectivity index (χ3n) is 2.81. The lowest BCUT2D eigenvalue weighted by atomic mass is 9.90. The molecule has 0 aliphatic rings. The van der Waals surface area contributed by atoms with Crippen molar-refractivity contribution in [3.05, 3.63) is 23.3 Å². The second-order valence-electron chi connectivity index (χ2n) is 3.99. The van der Waals surface area contributed by atoms with Crippen LogP contribution < -0.4 is 0 Å². The van der Waals surface area contributed by atoms with Crippen LogP contribution in [0.15, 0.2) is 23.3 Å². The first kappa shape index (κ1) is 26.9. The first-order chi connectivity index (χ1) is 9.04. The molecule has 1 atom stereocenters. The Labute approximate surface area is 125 Å². The van der Waals surface area contributed by atoms with Gasteiger partial charge in [0, 0.05) is 0 Å². The van der Waals surface area contributed by atoms with Gasteiger partial charge >= 0.3 is 0 Å². The van der Waals surface area contributed by atoms with Crippen molar-refractivity contribution < 1.29 is 0 Å². The molecule has 0 spiro atoms. The maximum absolute atomic E-state index is 4.03. The van der Waals surface area contributed by atoms with Crippen molar-refractivity contribution in [2.24, 2.45) is 5.92 Å². The number of allylic oxidation sites excluding steroid dienone is 3. The Balaban J connectivity index is -0.000000163. The largest absolute Gasteiger partial charge is 0.0958 e. The first-order valence-corrected chi connectivity index (χ1v) is 8.40. The smallest absolute Gasteiger partial charge is 0.0229 e. The molecule has 0 saturated heterocycles. The summed E-state index contributed by atoms with van der Waals surface area (Å²) in [4.78, 5) is 0. The van der Waals surface area contributed by atoms with Crippen molar-refractivity contribution in [2.45, 2.75) is 95.4 Å². The monoisotopic (exact) mass is 270 g/mol. The second kappa shape index (κ2) is 22.6. The molecule has 0 aromatic heterocycles. The molecule has 0 saturated carbocycles. The summed E-state index contributed by atoms with van der Waals surface area (Å²) in [6.07, 6.45) is 3.68. The summed E-state index contributed by atoms with van der Waals surface area (Å²) in [7, 11) is 0. The van der Waals surface area contributed by atoms with Gasteiger partial charge in [0.05, 0.1) is 0 Å². The maximum Gasteiger partial charge on any atom is -0.0229 e. The maximum atomic E-state index is 4.03. The normalized spacial score (nSPS) is 11.3. The molecular formula is C19H42. The molecule has 0 nitrogen and oxygen atoms in total. The van der Waals surface area contributed by atoms with E-state index in [1.165, 1.54) is 29.6 Å². The average molecular weight is 271 g/mol. The molecule has 118 valence electrons. The van der Waals surface area contributed by atoms with Gasteiger partial charge in [-0.2, -0.15) is 0 Å². The Morgan fingerprint density at radius 3 is 1.47 bits per heavy atom. The molecule has 0 aromatic carbocycles. The van der Waals surface area contributed by atoms with Crippen LogP contribution in [0.5, 0.6) is 0 Å². The van der Waals surface area contributed by atoms with E-state index < -0.39 is 0 Å². The zero-order chi connectivity index (χ0) is 16.4. The van der Waals surface area contributed by atoms with Crippen LogP contribution in [-0.4, -0.2) is 0 Å². The van der Waals surface area contributed by atoms with E-state index in [2.05, 4.69) is 41.2 Å². The zero-order valence-corrected chi connectivity index (χ0v) is 15.9. The highest BCUT2D eigenvalue weighted by Gasteiger charge is 2.08. The van der Waals surface area contributed by atoms with Crippen molar-refractivity contribution in [3.8, 4) is 0 Å². The highest BCUT2D eigenvalue weighted by atomic mass is 14.1. The summed E-state index contributed by atoms with van der Waals surface area (Å²) >= 11 is 0. The lowest BCUT2D eigenvalue weighted by molar-refractivity contribution is 0.595. The van der Waals surface area contributed by atoms with Gasteiger partial charge in [-0.25, -0.2) is 0 Å².